The molecule has 1 aliphatic heterocycles. The van der Waals surface area contributed by atoms with E-state index < -0.39 is 0 Å². The summed E-state index contributed by atoms with van der Waals surface area (Å²) >= 11 is 1.84. The van der Waals surface area contributed by atoms with Gasteiger partial charge in [-0.25, -0.2) is 0 Å². The number of hydrogen-bond donors (Lipinski definition) is 0. The van der Waals surface area contributed by atoms with Crippen LogP contribution in [-0.2, 0) is 22.6 Å². The first-order chi connectivity index (χ1) is 11.4. The van der Waals surface area contributed by atoms with Crippen LogP contribution in [0.2, 0.25) is 0 Å². The van der Waals surface area contributed by atoms with Crippen LogP contribution in [0.5, 0.6) is 0 Å². The zero-order valence-corrected chi connectivity index (χ0v) is 14.0. The van der Waals surface area contributed by atoms with E-state index in [9.17, 15) is 0 Å². The number of hydrogen-bond acceptors (Lipinski definition) is 5. The van der Waals surface area contributed by atoms with Crippen LogP contribution in [0, 0.1) is 0 Å². The zero-order valence-electron chi connectivity index (χ0n) is 13.1. The fourth-order valence-corrected chi connectivity index (χ4v) is 4.37. The minimum atomic E-state index is 0.188. The molecule has 3 atom stereocenters. The minimum absolute atomic E-state index is 0.188. The molecule has 122 valence electrons. The van der Waals surface area contributed by atoms with Crippen molar-refractivity contribution in [1.82, 2.24) is 9.88 Å². The molecule has 1 saturated carbocycles. The summed E-state index contributed by atoms with van der Waals surface area (Å²) in [5.74, 6) is 0. The summed E-state index contributed by atoms with van der Waals surface area (Å²) in [6.45, 7) is 3.43. The van der Waals surface area contributed by atoms with E-state index in [0.717, 1.165) is 38.2 Å². The molecule has 4 nitrogen and oxygen atoms in total. The minimum Gasteiger partial charge on any atom is -0.373 e. The molecular formula is C18H22N2O2S. The number of ether oxygens (including phenoxy) is 2. The molecule has 2 fully saturated rings. The van der Waals surface area contributed by atoms with Gasteiger partial charge in [-0.05, 0) is 36.4 Å². The van der Waals surface area contributed by atoms with Gasteiger partial charge in [-0.15, -0.1) is 11.3 Å². The van der Waals surface area contributed by atoms with Crippen molar-refractivity contribution in [3.63, 3.8) is 0 Å². The van der Waals surface area contributed by atoms with Gasteiger partial charge in [0, 0.05) is 30.2 Å². The molecule has 0 radical (unpaired) electrons. The number of pyridine rings is 1. The van der Waals surface area contributed by atoms with Crippen LogP contribution in [0.15, 0.2) is 41.9 Å². The number of morpholine rings is 1. The Kier molecular flexibility index (Phi) is 4.71. The zero-order chi connectivity index (χ0) is 15.5. The Balaban J connectivity index is 1.37. The second-order valence-corrected chi connectivity index (χ2v) is 7.23. The molecule has 0 bridgehead atoms. The van der Waals surface area contributed by atoms with Gasteiger partial charge in [0.25, 0.3) is 0 Å². The van der Waals surface area contributed by atoms with Crippen LogP contribution in [-0.4, -0.2) is 41.3 Å². The SMILES string of the molecule is c1ccc(CO[C@H]2CC[C@H]3[C@H]2OCCN3Cc2cccs2)nc1. The monoisotopic (exact) mass is 330 g/mol. The number of thiophene rings is 1. The second kappa shape index (κ2) is 7.09. The Labute approximate surface area is 141 Å². The maximum absolute atomic E-state index is 6.13. The van der Waals surface area contributed by atoms with E-state index in [1.165, 1.54) is 4.88 Å². The highest BCUT2D eigenvalue weighted by atomic mass is 32.1. The summed E-state index contributed by atoms with van der Waals surface area (Å²) in [6.07, 6.45) is 4.43. The molecule has 5 heteroatoms. The smallest absolute Gasteiger partial charge is 0.0992 e. The molecule has 2 aromatic heterocycles. The molecule has 3 heterocycles. The standard InChI is InChI=1S/C18H22N2O2S/c1-2-8-19-14(4-1)13-22-17-7-6-16-18(17)21-10-9-20(16)12-15-5-3-11-23-15/h1-5,8,11,16-18H,6-7,9-10,12-13H2/t16-,17-,18+/m0/s1. The fourth-order valence-electron chi connectivity index (χ4n) is 3.65. The first kappa shape index (κ1) is 15.3. The van der Waals surface area contributed by atoms with E-state index in [1.807, 2.05) is 35.7 Å². The molecule has 2 aliphatic rings. The van der Waals surface area contributed by atoms with Gasteiger partial charge < -0.3 is 9.47 Å². The summed E-state index contributed by atoms with van der Waals surface area (Å²) in [7, 11) is 0. The van der Waals surface area contributed by atoms with Gasteiger partial charge in [0.2, 0.25) is 0 Å². The van der Waals surface area contributed by atoms with Crippen molar-refractivity contribution < 1.29 is 9.47 Å². The van der Waals surface area contributed by atoms with Gasteiger partial charge in [0.15, 0.2) is 0 Å². The van der Waals surface area contributed by atoms with Gasteiger partial charge in [-0.3, -0.25) is 9.88 Å². The second-order valence-electron chi connectivity index (χ2n) is 6.20. The van der Waals surface area contributed by atoms with Gasteiger partial charge in [0.1, 0.15) is 0 Å². The molecular weight excluding hydrogens is 308 g/mol. The quantitative estimate of drug-likeness (QED) is 0.844. The third-order valence-corrected chi connectivity index (χ3v) is 5.62. The summed E-state index contributed by atoms with van der Waals surface area (Å²) in [4.78, 5) is 8.34. The third-order valence-electron chi connectivity index (χ3n) is 4.76. The molecule has 0 spiro atoms. The maximum Gasteiger partial charge on any atom is 0.0992 e. The lowest BCUT2D eigenvalue weighted by Crippen LogP contribution is -2.51. The number of nitrogens with zero attached hydrogens (tertiary/aromatic N) is 2. The summed E-state index contributed by atoms with van der Waals surface area (Å²) in [6, 6.07) is 10.8. The Morgan fingerprint density at radius 1 is 1.26 bits per heavy atom. The van der Waals surface area contributed by atoms with Crippen LogP contribution < -0.4 is 0 Å². The molecule has 0 unspecified atom stereocenters. The van der Waals surface area contributed by atoms with Crippen LogP contribution >= 0.6 is 11.3 Å². The normalized spacial score (nSPS) is 27.9. The van der Waals surface area contributed by atoms with Gasteiger partial charge in [-0.1, -0.05) is 12.1 Å². The van der Waals surface area contributed by atoms with E-state index in [4.69, 9.17) is 9.47 Å². The molecule has 0 N–H and O–H groups in total. The lowest BCUT2D eigenvalue weighted by Gasteiger charge is -2.38. The van der Waals surface area contributed by atoms with Crippen LogP contribution in [0.4, 0.5) is 0 Å². The fraction of sp³-hybridized carbons (Fsp3) is 0.500. The molecule has 0 amide bonds. The first-order valence-corrected chi connectivity index (χ1v) is 9.17. The molecule has 1 aliphatic carbocycles. The predicted octanol–water partition coefficient (Wildman–Crippen LogP) is 3.09. The Bertz CT molecular complexity index is 605. The highest BCUT2D eigenvalue weighted by molar-refractivity contribution is 7.09. The van der Waals surface area contributed by atoms with Gasteiger partial charge in [-0.2, -0.15) is 0 Å². The molecule has 1 saturated heterocycles. The number of rotatable bonds is 5. The van der Waals surface area contributed by atoms with Gasteiger partial charge >= 0.3 is 0 Å². The summed E-state index contributed by atoms with van der Waals surface area (Å²) in [5, 5.41) is 2.15. The van der Waals surface area contributed by atoms with Gasteiger partial charge in [0.05, 0.1) is 31.1 Å². The Morgan fingerprint density at radius 2 is 2.26 bits per heavy atom. The van der Waals surface area contributed by atoms with Crippen LogP contribution in [0.3, 0.4) is 0 Å². The van der Waals surface area contributed by atoms with Crippen molar-refractivity contribution >= 4 is 11.3 Å². The van der Waals surface area contributed by atoms with Crippen molar-refractivity contribution in [3.05, 3.63) is 52.5 Å². The number of aromatic nitrogens is 1. The van der Waals surface area contributed by atoms with Crippen molar-refractivity contribution in [2.45, 2.75) is 44.2 Å². The number of fused-ring (bicyclic) bond motifs is 1. The summed E-state index contributed by atoms with van der Waals surface area (Å²) in [5.41, 5.74) is 0.988. The van der Waals surface area contributed by atoms with E-state index >= 15 is 0 Å². The molecule has 2 aromatic rings. The highest BCUT2D eigenvalue weighted by Crippen LogP contribution is 2.33. The topological polar surface area (TPSA) is 34.6 Å². The average Bonchev–Trinajstić information content (AvgIpc) is 3.24. The Morgan fingerprint density at radius 3 is 3.09 bits per heavy atom. The first-order valence-electron chi connectivity index (χ1n) is 8.30. The largest absolute Gasteiger partial charge is 0.373 e. The molecule has 4 rings (SSSR count). The predicted molar refractivity (Wildman–Crippen MR) is 90.3 cm³/mol. The highest BCUT2D eigenvalue weighted by Gasteiger charge is 2.43. The van der Waals surface area contributed by atoms with Crippen molar-refractivity contribution in [1.29, 1.82) is 0 Å². The van der Waals surface area contributed by atoms with E-state index in [0.29, 0.717) is 12.6 Å². The lowest BCUT2D eigenvalue weighted by atomic mass is 10.1. The molecule has 0 aromatic carbocycles. The van der Waals surface area contributed by atoms with Crippen molar-refractivity contribution in [3.8, 4) is 0 Å². The van der Waals surface area contributed by atoms with E-state index in [-0.39, 0.29) is 12.2 Å². The summed E-state index contributed by atoms with van der Waals surface area (Å²) < 4.78 is 12.2. The lowest BCUT2D eigenvalue weighted by molar-refractivity contribution is -0.118. The average molecular weight is 330 g/mol. The van der Waals surface area contributed by atoms with Crippen LogP contribution in [0.1, 0.15) is 23.4 Å². The third kappa shape index (κ3) is 3.48. The van der Waals surface area contributed by atoms with E-state index in [2.05, 4.69) is 27.4 Å². The van der Waals surface area contributed by atoms with Crippen molar-refractivity contribution in [2.24, 2.45) is 0 Å². The maximum atomic E-state index is 6.13. The van der Waals surface area contributed by atoms with Crippen LogP contribution in [0.25, 0.3) is 0 Å². The van der Waals surface area contributed by atoms with E-state index in [1.54, 1.807) is 0 Å². The van der Waals surface area contributed by atoms with Crippen molar-refractivity contribution in [2.75, 3.05) is 13.2 Å². The molecule has 23 heavy (non-hydrogen) atoms. The Hall–Kier alpha value is -1.27.